The highest BCUT2D eigenvalue weighted by atomic mass is 16.5. The Balaban J connectivity index is 1.37. The summed E-state index contributed by atoms with van der Waals surface area (Å²) in [5.74, 6) is -0.358. The summed E-state index contributed by atoms with van der Waals surface area (Å²) in [5.41, 5.74) is 4.50. The van der Waals surface area contributed by atoms with Gasteiger partial charge in [0.05, 0.1) is 24.4 Å². The quantitative estimate of drug-likeness (QED) is 0.276. The molecule has 194 valence electrons. The predicted molar refractivity (Wildman–Crippen MR) is 142 cm³/mol. The Labute approximate surface area is 224 Å². The highest BCUT2D eigenvalue weighted by Crippen LogP contribution is 2.26. The molecule has 2 aromatic heterocycles. The fraction of sp³-hybridized carbons (Fsp3) is 0.133. The second kappa shape index (κ2) is 10.6. The van der Waals surface area contributed by atoms with E-state index in [0.29, 0.717) is 22.6 Å². The van der Waals surface area contributed by atoms with E-state index in [2.05, 4.69) is 11.4 Å². The Morgan fingerprint density at radius 2 is 1.79 bits per heavy atom. The number of hydrogen-bond donors (Lipinski definition) is 1. The number of amides is 4. The van der Waals surface area contributed by atoms with Gasteiger partial charge in [-0.25, -0.2) is 4.79 Å². The Hall–Kier alpha value is -5.36. The second-order valence-corrected chi connectivity index (χ2v) is 9.00. The SMILES string of the molecule is Cc1cc(/C=C2\C(=O)NC(=O)N(Cc3ccco3)C2=O)c(C)n1-c1ccc(OCc2ccccc2C#N)cc1. The van der Waals surface area contributed by atoms with Crippen LogP contribution >= 0.6 is 0 Å². The van der Waals surface area contributed by atoms with Crippen molar-refractivity contribution in [3.63, 3.8) is 0 Å². The number of furan rings is 1. The number of carbonyl (C=O) groups is 3. The number of aromatic nitrogens is 1. The van der Waals surface area contributed by atoms with Crippen LogP contribution in [-0.4, -0.2) is 27.3 Å². The van der Waals surface area contributed by atoms with Gasteiger partial charge in [-0.2, -0.15) is 5.26 Å². The third kappa shape index (κ3) is 5.08. The van der Waals surface area contributed by atoms with Crippen molar-refractivity contribution in [1.29, 1.82) is 5.26 Å². The zero-order valence-electron chi connectivity index (χ0n) is 21.3. The van der Waals surface area contributed by atoms with Gasteiger partial charge < -0.3 is 13.7 Å². The van der Waals surface area contributed by atoms with Gasteiger partial charge in [-0.05, 0) is 74.0 Å². The van der Waals surface area contributed by atoms with Crippen molar-refractivity contribution in [2.75, 3.05) is 0 Å². The molecule has 1 aliphatic rings. The number of imide groups is 2. The molecule has 0 bridgehead atoms. The lowest BCUT2D eigenvalue weighted by Crippen LogP contribution is -2.53. The van der Waals surface area contributed by atoms with Crippen molar-refractivity contribution >= 4 is 23.9 Å². The smallest absolute Gasteiger partial charge is 0.331 e. The number of ether oxygens (including phenoxy) is 1. The van der Waals surface area contributed by atoms with E-state index in [1.54, 1.807) is 18.2 Å². The van der Waals surface area contributed by atoms with Crippen LogP contribution in [0.25, 0.3) is 11.8 Å². The number of urea groups is 1. The Bertz CT molecular complexity index is 1640. The van der Waals surface area contributed by atoms with Gasteiger partial charge in [0.1, 0.15) is 23.7 Å². The number of rotatable bonds is 7. The van der Waals surface area contributed by atoms with Crippen LogP contribution in [0.3, 0.4) is 0 Å². The zero-order valence-corrected chi connectivity index (χ0v) is 21.3. The van der Waals surface area contributed by atoms with E-state index in [9.17, 15) is 19.6 Å². The third-order valence-electron chi connectivity index (χ3n) is 6.48. The van der Waals surface area contributed by atoms with Crippen LogP contribution in [0.1, 0.15) is 33.8 Å². The summed E-state index contributed by atoms with van der Waals surface area (Å²) in [6, 6.07) is 21.4. The number of barbiturate groups is 1. The molecular weight excluding hydrogens is 496 g/mol. The second-order valence-electron chi connectivity index (χ2n) is 9.00. The topological polar surface area (TPSA) is 118 Å². The fourth-order valence-corrected chi connectivity index (χ4v) is 4.49. The molecule has 0 saturated carbocycles. The van der Waals surface area contributed by atoms with Gasteiger partial charge in [0.2, 0.25) is 0 Å². The molecule has 0 spiro atoms. The van der Waals surface area contributed by atoms with Crippen molar-refractivity contribution < 1.29 is 23.5 Å². The van der Waals surface area contributed by atoms with E-state index in [-0.39, 0.29) is 18.7 Å². The van der Waals surface area contributed by atoms with Crippen LogP contribution in [-0.2, 0) is 22.7 Å². The minimum Gasteiger partial charge on any atom is -0.489 e. The summed E-state index contributed by atoms with van der Waals surface area (Å²) in [4.78, 5) is 38.9. The Morgan fingerprint density at radius 1 is 1.03 bits per heavy atom. The van der Waals surface area contributed by atoms with Crippen LogP contribution in [0.2, 0.25) is 0 Å². The van der Waals surface area contributed by atoms with E-state index >= 15 is 0 Å². The normalized spacial score (nSPS) is 14.4. The molecule has 2 aromatic carbocycles. The standard InChI is InChI=1S/C30H24N4O5/c1-19-14-23(15-27-28(35)32-30(37)33(29(27)36)17-26-8-5-13-38-26)20(2)34(19)24-9-11-25(12-10-24)39-18-22-7-4-3-6-21(22)16-31/h3-15H,17-18H2,1-2H3,(H,32,35,37)/b27-15+. The molecule has 39 heavy (non-hydrogen) atoms. The zero-order chi connectivity index (χ0) is 27.5. The van der Waals surface area contributed by atoms with E-state index in [4.69, 9.17) is 9.15 Å². The monoisotopic (exact) mass is 520 g/mol. The van der Waals surface area contributed by atoms with E-state index < -0.39 is 17.8 Å². The molecule has 4 aromatic rings. The Kier molecular flexibility index (Phi) is 6.85. The molecule has 4 amide bonds. The van der Waals surface area contributed by atoms with Crippen molar-refractivity contribution in [2.45, 2.75) is 27.0 Å². The number of aryl methyl sites for hydroxylation is 1. The van der Waals surface area contributed by atoms with Crippen LogP contribution in [0.15, 0.2) is 83.0 Å². The van der Waals surface area contributed by atoms with Crippen molar-refractivity contribution in [1.82, 2.24) is 14.8 Å². The number of nitrogens with one attached hydrogen (secondary N) is 1. The van der Waals surface area contributed by atoms with E-state index in [1.807, 2.05) is 66.9 Å². The van der Waals surface area contributed by atoms with Crippen LogP contribution in [0.4, 0.5) is 4.79 Å². The largest absolute Gasteiger partial charge is 0.489 e. The third-order valence-corrected chi connectivity index (χ3v) is 6.48. The molecule has 0 atom stereocenters. The summed E-state index contributed by atoms with van der Waals surface area (Å²) in [6.07, 6.45) is 2.95. The van der Waals surface area contributed by atoms with Gasteiger partial charge in [-0.1, -0.05) is 18.2 Å². The maximum Gasteiger partial charge on any atom is 0.331 e. The molecule has 0 unspecified atom stereocenters. The molecule has 5 rings (SSSR count). The minimum atomic E-state index is -0.789. The molecule has 3 heterocycles. The molecule has 1 fully saturated rings. The van der Waals surface area contributed by atoms with Gasteiger partial charge in [-0.15, -0.1) is 0 Å². The summed E-state index contributed by atoms with van der Waals surface area (Å²) < 4.78 is 13.1. The maximum absolute atomic E-state index is 13.1. The molecule has 1 N–H and O–H groups in total. The van der Waals surface area contributed by atoms with Crippen molar-refractivity contribution in [3.8, 4) is 17.5 Å². The van der Waals surface area contributed by atoms with Crippen LogP contribution < -0.4 is 10.1 Å². The van der Waals surface area contributed by atoms with E-state index in [1.165, 1.54) is 12.3 Å². The lowest BCUT2D eigenvalue weighted by Gasteiger charge is -2.25. The van der Waals surface area contributed by atoms with Gasteiger partial charge in [-0.3, -0.25) is 19.8 Å². The summed E-state index contributed by atoms with van der Waals surface area (Å²) >= 11 is 0. The lowest BCUT2D eigenvalue weighted by atomic mass is 10.1. The average Bonchev–Trinajstić information content (AvgIpc) is 3.55. The first kappa shape index (κ1) is 25.3. The molecule has 0 aliphatic carbocycles. The summed E-state index contributed by atoms with van der Waals surface area (Å²) in [7, 11) is 0. The number of carbonyl (C=O) groups excluding carboxylic acids is 3. The number of hydrogen-bond acceptors (Lipinski definition) is 6. The lowest BCUT2D eigenvalue weighted by molar-refractivity contribution is -0.130. The van der Waals surface area contributed by atoms with Gasteiger partial charge in [0, 0.05) is 22.6 Å². The van der Waals surface area contributed by atoms with Gasteiger partial charge in [0.15, 0.2) is 0 Å². The first-order valence-corrected chi connectivity index (χ1v) is 12.2. The van der Waals surface area contributed by atoms with Gasteiger partial charge >= 0.3 is 6.03 Å². The van der Waals surface area contributed by atoms with Crippen molar-refractivity contribution in [3.05, 3.63) is 112 Å². The molecule has 9 nitrogen and oxygen atoms in total. The number of nitriles is 1. The highest BCUT2D eigenvalue weighted by molar-refractivity contribution is 6.31. The number of benzene rings is 2. The van der Waals surface area contributed by atoms with E-state index in [0.717, 1.165) is 27.5 Å². The molecule has 1 aliphatic heterocycles. The highest BCUT2D eigenvalue weighted by Gasteiger charge is 2.36. The average molecular weight is 521 g/mol. The summed E-state index contributed by atoms with van der Waals surface area (Å²) in [5, 5.41) is 11.5. The van der Waals surface area contributed by atoms with Crippen molar-refractivity contribution in [2.24, 2.45) is 0 Å². The maximum atomic E-state index is 13.1. The number of nitrogens with zero attached hydrogens (tertiary/aromatic N) is 3. The predicted octanol–water partition coefficient (Wildman–Crippen LogP) is 4.80. The van der Waals surface area contributed by atoms with Crippen LogP contribution in [0, 0.1) is 25.2 Å². The van der Waals surface area contributed by atoms with Gasteiger partial charge in [0.25, 0.3) is 11.8 Å². The summed E-state index contributed by atoms with van der Waals surface area (Å²) in [6.45, 7) is 4.00. The first-order chi connectivity index (χ1) is 18.9. The molecule has 9 heteroatoms. The molecular formula is C30H24N4O5. The molecule has 1 saturated heterocycles. The minimum absolute atomic E-state index is 0.0855. The Morgan fingerprint density at radius 3 is 2.51 bits per heavy atom. The molecule has 0 radical (unpaired) electrons. The first-order valence-electron chi connectivity index (χ1n) is 12.2. The van der Waals surface area contributed by atoms with Crippen LogP contribution in [0.5, 0.6) is 5.75 Å². The fourth-order valence-electron chi connectivity index (χ4n) is 4.49.